The first kappa shape index (κ1) is 18.8. The van der Waals surface area contributed by atoms with Crippen LogP contribution in [-0.2, 0) is 4.79 Å². The van der Waals surface area contributed by atoms with Gasteiger partial charge in [-0.3, -0.25) is 0 Å². The first-order valence-corrected chi connectivity index (χ1v) is 7.12. The van der Waals surface area contributed by atoms with Crippen LogP contribution in [0.15, 0.2) is 29.2 Å². The van der Waals surface area contributed by atoms with Crippen molar-refractivity contribution in [3.63, 3.8) is 0 Å². The number of rotatable bonds is 4. The molecule has 108 valence electrons. The van der Waals surface area contributed by atoms with E-state index in [0.717, 1.165) is 21.3 Å². The van der Waals surface area contributed by atoms with E-state index < -0.39 is 18.5 Å². The Bertz CT molecular complexity index is 515. The molecule has 8 heteroatoms. The summed E-state index contributed by atoms with van der Waals surface area (Å²) >= 11 is 1.67. The number of benzene rings is 1. The third-order valence-corrected chi connectivity index (χ3v) is 3.95. The van der Waals surface area contributed by atoms with Crippen LogP contribution in [0.4, 0.5) is 4.79 Å². The summed E-state index contributed by atoms with van der Waals surface area (Å²) in [5, 5.41) is 13.0. The van der Waals surface area contributed by atoms with Gasteiger partial charge in [0.1, 0.15) is 11.9 Å². The Labute approximate surface area is 170 Å². The number of hydrogen-bond acceptors (Lipinski definition) is 5. The number of carboxylic acids is 1. The van der Waals surface area contributed by atoms with Crippen molar-refractivity contribution in [1.82, 2.24) is 10.2 Å². The number of amides is 2. The normalized spacial score (nSPS) is 16.0. The Kier molecular flexibility index (Phi) is 8.07. The third kappa shape index (κ3) is 5.80. The molecule has 0 saturated carbocycles. The Morgan fingerprint density at radius 3 is 2.90 bits per heavy atom. The van der Waals surface area contributed by atoms with Crippen LogP contribution < -0.4 is 66.5 Å². The number of para-hydroxylation sites is 1. The maximum Gasteiger partial charge on any atom is 1.00 e. The molecule has 1 aliphatic heterocycles. The molecular formula is C13H15KN2O4S. The van der Waals surface area contributed by atoms with Crippen LogP contribution in [0.5, 0.6) is 5.75 Å². The quantitative estimate of drug-likeness (QED) is 0.591. The fourth-order valence-electron chi connectivity index (χ4n) is 1.77. The van der Waals surface area contributed by atoms with Crippen molar-refractivity contribution in [2.45, 2.75) is 11.0 Å². The zero-order chi connectivity index (χ0) is 14.5. The fourth-order valence-corrected chi connectivity index (χ4v) is 2.75. The molecule has 1 N–H and O–H groups in total. The van der Waals surface area contributed by atoms with Gasteiger partial charge < -0.3 is 24.9 Å². The van der Waals surface area contributed by atoms with Crippen molar-refractivity contribution < 1.29 is 70.8 Å². The van der Waals surface area contributed by atoms with Crippen LogP contribution >= 0.6 is 11.8 Å². The second kappa shape index (κ2) is 9.01. The topological polar surface area (TPSA) is 81.7 Å². The number of carbonyl (C=O) groups excluding carboxylic acids is 2. The minimum Gasteiger partial charge on any atom is -0.548 e. The van der Waals surface area contributed by atoms with Gasteiger partial charge in [-0.15, -0.1) is 11.8 Å². The van der Waals surface area contributed by atoms with Gasteiger partial charge in [0, 0.05) is 17.7 Å². The van der Waals surface area contributed by atoms with Gasteiger partial charge in [0.2, 0.25) is 0 Å². The molecule has 6 nitrogen and oxygen atoms in total. The molecule has 0 fully saturated rings. The average molecular weight is 334 g/mol. The predicted molar refractivity (Wildman–Crippen MR) is 72.6 cm³/mol. The molecular weight excluding hydrogens is 319 g/mol. The standard InChI is InChI=1S/C13H16N2O4S.K/c1-15(7-12(16)17)13(18)14-6-9-8-20-11-5-3-2-4-10(11)19-9;/h2-5,9H,6-8H2,1H3,(H,14,18)(H,16,17);/q;+1/p-1. The number of fused-ring (bicyclic) bond motifs is 1. The zero-order valence-electron chi connectivity index (χ0n) is 12.0. The SMILES string of the molecule is CN(CC(=O)[O-])C(=O)NCC1CSc2ccccc2O1.[K+]. The average Bonchev–Trinajstić information content (AvgIpc) is 2.43. The van der Waals surface area contributed by atoms with E-state index in [1.165, 1.54) is 7.05 Å². The van der Waals surface area contributed by atoms with Gasteiger partial charge in [-0.05, 0) is 12.1 Å². The van der Waals surface area contributed by atoms with Crippen molar-refractivity contribution in [2.24, 2.45) is 0 Å². The second-order valence-electron chi connectivity index (χ2n) is 4.41. The zero-order valence-corrected chi connectivity index (χ0v) is 15.9. The number of hydrogen-bond donors (Lipinski definition) is 1. The van der Waals surface area contributed by atoms with Gasteiger partial charge in [0.15, 0.2) is 0 Å². The van der Waals surface area contributed by atoms with Crippen LogP contribution in [0.1, 0.15) is 0 Å². The third-order valence-electron chi connectivity index (χ3n) is 2.76. The summed E-state index contributed by atoms with van der Waals surface area (Å²) in [5.41, 5.74) is 0. The molecule has 1 heterocycles. The number of likely N-dealkylation sites (N-methyl/N-ethyl adjacent to an activating group) is 1. The van der Waals surface area contributed by atoms with Gasteiger partial charge in [-0.2, -0.15) is 0 Å². The summed E-state index contributed by atoms with van der Waals surface area (Å²) in [6.45, 7) is -0.105. The number of carbonyl (C=O) groups is 2. The van der Waals surface area contributed by atoms with Crippen molar-refractivity contribution >= 4 is 23.8 Å². The van der Waals surface area contributed by atoms with Crippen molar-refractivity contribution in [2.75, 3.05) is 25.9 Å². The van der Waals surface area contributed by atoms with Crippen LogP contribution in [-0.4, -0.2) is 48.9 Å². The van der Waals surface area contributed by atoms with E-state index in [2.05, 4.69) is 5.32 Å². The summed E-state index contributed by atoms with van der Waals surface area (Å²) in [6.07, 6.45) is -0.129. The first-order chi connectivity index (χ1) is 9.56. The summed E-state index contributed by atoms with van der Waals surface area (Å²) < 4.78 is 5.76. The van der Waals surface area contributed by atoms with E-state index in [1.807, 2.05) is 24.3 Å². The predicted octanol–water partition coefficient (Wildman–Crippen LogP) is -3.06. The molecule has 0 saturated heterocycles. The number of nitrogens with one attached hydrogen (secondary N) is 1. The molecule has 0 aliphatic carbocycles. The maximum atomic E-state index is 11.6. The molecule has 2 amide bonds. The van der Waals surface area contributed by atoms with Crippen molar-refractivity contribution in [1.29, 1.82) is 0 Å². The fraction of sp³-hybridized carbons (Fsp3) is 0.385. The summed E-state index contributed by atoms with van der Waals surface area (Å²) in [5.74, 6) is 0.258. The van der Waals surface area contributed by atoms with Gasteiger partial charge in [-0.25, -0.2) is 4.79 Å². The van der Waals surface area contributed by atoms with Gasteiger partial charge in [0.05, 0.1) is 19.1 Å². The Morgan fingerprint density at radius 2 is 2.19 bits per heavy atom. The Morgan fingerprint density at radius 1 is 1.48 bits per heavy atom. The van der Waals surface area contributed by atoms with Crippen LogP contribution in [0, 0.1) is 0 Å². The number of nitrogens with zero attached hydrogens (tertiary/aromatic N) is 1. The largest absolute Gasteiger partial charge is 1.00 e. The molecule has 1 aliphatic rings. The Balaban J connectivity index is 0.00000220. The number of urea groups is 1. The van der Waals surface area contributed by atoms with E-state index in [9.17, 15) is 14.7 Å². The molecule has 1 atom stereocenters. The van der Waals surface area contributed by atoms with E-state index in [-0.39, 0.29) is 57.5 Å². The minimum atomic E-state index is -1.29. The molecule has 21 heavy (non-hydrogen) atoms. The number of ether oxygens (including phenoxy) is 1. The van der Waals surface area contributed by atoms with Crippen molar-refractivity contribution in [3.8, 4) is 5.75 Å². The number of carboxylic acid groups (broad SMARTS) is 1. The smallest absolute Gasteiger partial charge is 0.548 e. The van der Waals surface area contributed by atoms with Crippen LogP contribution in [0.3, 0.4) is 0 Å². The second-order valence-corrected chi connectivity index (χ2v) is 5.47. The molecule has 1 unspecified atom stereocenters. The van der Waals surface area contributed by atoms with E-state index in [4.69, 9.17) is 4.74 Å². The minimum absolute atomic E-state index is 0. The van der Waals surface area contributed by atoms with Crippen LogP contribution in [0.2, 0.25) is 0 Å². The van der Waals surface area contributed by atoms with E-state index in [1.54, 1.807) is 11.8 Å². The monoisotopic (exact) mass is 334 g/mol. The van der Waals surface area contributed by atoms with E-state index in [0.29, 0.717) is 6.54 Å². The van der Waals surface area contributed by atoms with Gasteiger partial charge >= 0.3 is 57.4 Å². The molecule has 0 aromatic heterocycles. The number of aliphatic carboxylic acids is 1. The molecule has 0 radical (unpaired) electrons. The maximum absolute atomic E-state index is 11.6. The number of thioether (sulfide) groups is 1. The summed E-state index contributed by atoms with van der Waals surface area (Å²) in [4.78, 5) is 24.2. The van der Waals surface area contributed by atoms with Gasteiger partial charge in [0.25, 0.3) is 0 Å². The summed E-state index contributed by atoms with van der Waals surface area (Å²) in [6, 6.07) is 7.27. The summed E-state index contributed by atoms with van der Waals surface area (Å²) in [7, 11) is 1.40. The van der Waals surface area contributed by atoms with Crippen LogP contribution in [0.25, 0.3) is 0 Å². The Hall–Kier alpha value is -0.254. The molecule has 1 aromatic carbocycles. The van der Waals surface area contributed by atoms with E-state index >= 15 is 0 Å². The molecule has 0 spiro atoms. The van der Waals surface area contributed by atoms with Crippen molar-refractivity contribution in [3.05, 3.63) is 24.3 Å². The molecule has 1 aromatic rings. The molecule has 0 bridgehead atoms. The van der Waals surface area contributed by atoms with Gasteiger partial charge in [-0.1, -0.05) is 12.1 Å². The molecule has 2 rings (SSSR count). The first-order valence-electron chi connectivity index (χ1n) is 6.13.